The molecule has 0 unspecified atom stereocenters. The van der Waals surface area contributed by atoms with Crippen molar-refractivity contribution < 1.29 is 14.3 Å². The topological polar surface area (TPSA) is 64.6 Å². The number of piperidine rings is 1. The number of amides is 1. The summed E-state index contributed by atoms with van der Waals surface area (Å²) in [5, 5.41) is 17.9. The van der Waals surface area contributed by atoms with Gasteiger partial charge in [-0.15, -0.1) is 0 Å². The lowest BCUT2D eigenvalue weighted by atomic mass is 9.51. The molecule has 4 saturated carbocycles. The van der Waals surface area contributed by atoms with Crippen LogP contribution in [0, 0.1) is 17.7 Å². The predicted molar refractivity (Wildman–Crippen MR) is 132 cm³/mol. The number of carbonyl (C=O) groups is 1. The van der Waals surface area contributed by atoms with Crippen molar-refractivity contribution in [1.82, 2.24) is 5.32 Å². The maximum Gasteiger partial charge on any atom is 0.258 e. The number of rotatable bonds is 5. The molecular formula is C28H34FN3O2. The third kappa shape index (κ3) is 4.22. The molecule has 7 rings (SSSR count). The van der Waals surface area contributed by atoms with Gasteiger partial charge in [0.25, 0.3) is 5.91 Å². The Balaban J connectivity index is 1.04. The Morgan fingerprint density at radius 2 is 1.65 bits per heavy atom. The second kappa shape index (κ2) is 8.35. The van der Waals surface area contributed by atoms with Gasteiger partial charge in [-0.1, -0.05) is 12.1 Å². The van der Waals surface area contributed by atoms with Crippen LogP contribution in [0.2, 0.25) is 0 Å². The molecule has 4 bridgehead atoms. The molecule has 2 aromatic carbocycles. The van der Waals surface area contributed by atoms with Crippen molar-refractivity contribution >= 4 is 17.3 Å². The summed E-state index contributed by atoms with van der Waals surface area (Å²) < 4.78 is 13.9. The van der Waals surface area contributed by atoms with Crippen molar-refractivity contribution in [2.24, 2.45) is 11.8 Å². The van der Waals surface area contributed by atoms with E-state index in [1.165, 1.54) is 31.4 Å². The first-order valence-electron chi connectivity index (χ1n) is 12.8. The summed E-state index contributed by atoms with van der Waals surface area (Å²) in [6, 6.07) is 14.3. The molecule has 34 heavy (non-hydrogen) atoms. The second-order valence-electron chi connectivity index (χ2n) is 11.4. The zero-order valence-electron chi connectivity index (χ0n) is 19.6. The van der Waals surface area contributed by atoms with Crippen LogP contribution in [-0.2, 0) is 0 Å². The molecule has 5 fully saturated rings. The highest BCUT2D eigenvalue weighted by atomic mass is 19.1. The molecule has 0 spiro atoms. The molecule has 2 aromatic rings. The second-order valence-corrected chi connectivity index (χ2v) is 11.4. The van der Waals surface area contributed by atoms with Crippen LogP contribution < -0.4 is 15.5 Å². The van der Waals surface area contributed by atoms with E-state index in [0.717, 1.165) is 50.9 Å². The highest BCUT2D eigenvalue weighted by molar-refractivity contribution is 6.04. The van der Waals surface area contributed by atoms with Crippen LogP contribution in [-0.4, -0.2) is 41.3 Å². The lowest BCUT2D eigenvalue weighted by Gasteiger charge is -2.61. The summed E-state index contributed by atoms with van der Waals surface area (Å²) in [6.45, 7) is 1.98. The number of hydrogen-bond donors (Lipinski definition) is 3. The molecule has 6 heteroatoms. The molecule has 2 atom stereocenters. The molecule has 1 amide bonds. The minimum atomic E-state index is -0.518. The fourth-order valence-corrected chi connectivity index (χ4v) is 7.70. The standard InChI is InChI=1S/C28H34FN3O2/c29-25-4-2-1-3-24(25)26(33)30-21-5-7-23(8-6-21)32-11-9-22(10-12-32)31-27-14-19-13-20(15-27)17-28(34,16-19)18-27/h1-8,19-20,22,31,34H,9-18H2,(H,30,33)/t19-,20-,27?,28?/m0/s1. The molecular weight excluding hydrogens is 429 g/mol. The molecule has 5 nitrogen and oxygen atoms in total. The number of carbonyl (C=O) groups excluding carboxylic acids is 1. The van der Waals surface area contributed by atoms with Gasteiger partial charge in [-0.25, -0.2) is 4.39 Å². The number of halogens is 1. The fourth-order valence-electron chi connectivity index (χ4n) is 7.70. The molecule has 4 aliphatic carbocycles. The van der Waals surface area contributed by atoms with Crippen LogP contribution in [0.5, 0.6) is 0 Å². The summed E-state index contributed by atoms with van der Waals surface area (Å²) >= 11 is 0. The van der Waals surface area contributed by atoms with Crippen molar-refractivity contribution in [1.29, 1.82) is 0 Å². The Morgan fingerprint density at radius 1 is 0.971 bits per heavy atom. The Morgan fingerprint density at radius 3 is 2.29 bits per heavy atom. The van der Waals surface area contributed by atoms with E-state index in [2.05, 4.69) is 15.5 Å². The van der Waals surface area contributed by atoms with Crippen LogP contribution in [0.3, 0.4) is 0 Å². The van der Waals surface area contributed by atoms with Crippen molar-refractivity contribution in [2.75, 3.05) is 23.3 Å². The van der Waals surface area contributed by atoms with Gasteiger partial charge < -0.3 is 20.6 Å². The molecule has 1 aliphatic heterocycles. The molecule has 5 aliphatic rings. The first-order valence-corrected chi connectivity index (χ1v) is 12.8. The van der Waals surface area contributed by atoms with Gasteiger partial charge in [-0.05, 0) is 99.6 Å². The van der Waals surface area contributed by atoms with Crippen LogP contribution in [0.15, 0.2) is 48.5 Å². The average Bonchev–Trinajstić information content (AvgIpc) is 2.78. The molecule has 0 aromatic heterocycles. The first kappa shape index (κ1) is 22.1. The lowest BCUT2D eigenvalue weighted by molar-refractivity contribution is -0.144. The molecule has 180 valence electrons. The van der Waals surface area contributed by atoms with Gasteiger partial charge in [-0.3, -0.25) is 4.79 Å². The Bertz CT molecular complexity index is 1050. The van der Waals surface area contributed by atoms with E-state index in [4.69, 9.17) is 0 Å². The summed E-state index contributed by atoms with van der Waals surface area (Å²) in [6.07, 6.45) is 8.97. The molecule has 1 heterocycles. The largest absolute Gasteiger partial charge is 0.390 e. The fraction of sp³-hybridized carbons (Fsp3) is 0.536. The molecule has 0 radical (unpaired) electrons. The third-order valence-corrected chi connectivity index (χ3v) is 8.64. The molecule has 1 saturated heterocycles. The minimum Gasteiger partial charge on any atom is -0.390 e. The van der Waals surface area contributed by atoms with Crippen molar-refractivity contribution in [3.8, 4) is 0 Å². The normalized spacial score (nSPS) is 32.7. The summed E-state index contributed by atoms with van der Waals surface area (Å²) in [4.78, 5) is 14.8. The quantitative estimate of drug-likeness (QED) is 0.600. The van der Waals surface area contributed by atoms with E-state index in [-0.39, 0.29) is 11.1 Å². The number of hydrogen-bond acceptors (Lipinski definition) is 4. The van der Waals surface area contributed by atoms with E-state index in [1.54, 1.807) is 12.1 Å². The average molecular weight is 464 g/mol. The Hall–Kier alpha value is -2.44. The Kier molecular flexibility index (Phi) is 5.41. The van der Waals surface area contributed by atoms with Crippen LogP contribution >= 0.6 is 0 Å². The number of aliphatic hydroxyl groups is 1. The maximum absolute atomic E-state index is 13.9. The van der Waals surface area contributed by atoms with Gasteiger partial charge in [0.15, 0.2) is 0 Å². The highest BCUT2D eigenvalue weighted by Gasteiger charge is 2.57. The van der Waals surface area contributed by atoms with Gasteiger partial charge in [0, 0.05) is 36.0 Å². The Labute approximate surface area is 200 Å². The van der Waals surface area contributed by atoms with E-state index in [0.29, 0.717) is 23.6 Å². The minimum absolute atomic E-state index is 0.0484. The van der Waals surface area contributed by atoms with Gasteiger partial charge in [-0.2, -0.15) is 0 Å². The van der Waals surface area contributed by atoms with Crippen molar-refractivity contribution in [3.05, 3.63) is 59.9 Å². The van der Waals surface area contributed by atoms with Gasteiger partial charge in [0.2, 0.25) is 0 Å². The first-order chi connectivity index (χ1) is 16.4. The summed E-state index contributed by atoms with van der Waals surface area (Å²) in [5.74, 6) is 0.454. The lowest BCUT2D eigenvalue weighted by Crippen LogP contribution is -2.66. The van der Waals surface area contributed by atoms with E-state index < -0.39 is 17.3 Å². The van der Waals surface area contributed by atoms with Crippen LogP contribution in [0.25, 0.3) is 0 Å². The van der Waals surface area contributed by atoms with E-state index >= 15 is 0 Å². The van der Waals surface area contributed by atoms with Gasteiger partial charge >= 0.3 is 0 Å². The zero-order valence-corrected chi connectivity index (χ0v) is 19.6. The van der Waals surface area contributed by atoms with Crippen LogP contribution in [0.4, 0.5) is 15.8 Å². The zero-order chi connectivity index (χ0) is 23.3. The number of nitrogens with one attached hydrogen (secondary N) is 2. The number of nitrogens with zero attached hydrogens (tertiary/aromatic N) is 1. The van der Waals surface area contributed by atoms with E-state index in [9.17, 15) is 14.3 Å². The monoisotopic (exact) mass is 463 g/mol. The van der Waals surface area contributed by atoms with Crippen LogP contribution in [0.1, 0.15) is 61.7 Å². The predicted octanol–water partition coefficient (Wildman–Crippen LogP) is 4.72. The SMILES string of the molecule is O=C(Nc1ccc(N2CCC(NC34C[C@@H]5C[C@H](CC(O)(C5)C3)C4)CC2)cc1)c1ccccc1F. The third-order valence-electron chi connectivity index (χ3n) is 8.64. The number of anilines is 2. The van der Waals surface area contributed by atoms with Gasteiger partial charge in [0.1, 0.15) is 5.82 Å². The summed E-state index contributed by atoms with van der Waals surface area (Å²) in [7, 11) is 0. The highest BCUT2D eigenvalue weighted by Crippen LogP contribution is 2.57. The maximum atomic E-state index is 13.9. The summed E-state index contributed by atoms with van der Waals surface area (Å²) in [5.41, 5.74) is 1.59. The smallest absolute Gasteiger partial charge is 0.258 e. The van der Waals surface area contributed by atoms with Gasteiger partial charge in [0.05, 0.1) is 11.2 Å². The number of benzene rings is 2. The van der Waals surface area contributed by atoms with Crippen molar-refractivity contribution in [2.45, 2.75) is 68.5 Å². The molecule has 3 N–H and O–H groups in total. The van der Waals surface area contributed by atoms with Crippen molar-refractivity contribution in [3.63, 3.8) is 0 Å². The van der Waals surface area contributed by atoms with E-state index in [1.807, 2.05) is 24.3 Å².